The summed E-state index contributed by atoms with van der Waals surface area (Å²) in [6, 6.07) is 7.19. The zero-order valence-corrected chi connectivity index (χ0v) is 17.7. The van der Waals surface area contributed by atoms with E-state index in [-0.39, 0.29) is 0 Å². The van der Waals surface area contributed by atoms with Crippen LogP contribution in [0.1, 0.15) is 49.7 Å². The van der Waals surface area contributed by atoms with Gasteiger partial charge < -0.3 is 9.64 Å². The van der Waals surface area contributed by atoms with E-state index in [4.69, 9.17) is 4.74 Å². The molecule has 1 aliphatic carbocycles. The summed E-state index contributed by atoms with van der Waals surface area (Å²) in [6.45, 7) is 7.54. The van der Waals surface area contributed by atoms with Crippen molar-refractivity contribution < 1.29 is 9.53 Å². The first-order chi connectivity index (χ1) is 14.3. The molecule has 5 nitrogen and oxygen atoms in total. The van der Waals surface area contributed by atoms with Gasteiger partial charge in [-0.25, -0.2) is 0 Å². The average molecular weight is 398 g/mol. The highest BCUT2D eigenvalue weighted by Gasteiger charge is 2.36. The van der Waals surface area contributed by atoms with Crippen molar-refractivity contribution in [2.75, 3.05) is 45.9 Å². The zero-order valence-electron chi connectivity index (χ0n) is 17.7. The van der Waals surface area contributed by atoms with E-state index < -0.39 is 0 Å². The molecule has 0 aromatic heterocycles. The first-order valence-electron chi connectivity index (χ1n) is 11.7. The highest BCUT2D eigenvalue weighted by Crippen LogP contribution is 2.35. The summed E-state index contributed by atoms with van der Waals surface area (Å²) in [5.74, 6) is 2.22. The normalized spacial score (nSPS) is 27.9. The summed E-state index contributed by atoms with van der Waals surface area (Å²) < 4.78 is 5.62. The Bertz CT molecular complexity index is 727. The molecule has 1 amide bonds. The third kappa shape index (κ3) is 4.31. The molecule has 1 saturated carbocycles. The molecule has 2 atom stereocenters. The number of fused-ring (bicyclic) bond motifs is 2. The van der Waals surface area contributed by atoms with Gasteiger partial charge in [-0.2, -0.15) is 0 Å². The third-order valence-electron chi connectivity index (χ3n) is 7.55. The Kier molecular flexibility index (Phi) is 5.78. The van der Waals surface area contributed by atoms with Crippen molar-refractivity contribution >= 4 is 5.91 Å². The van der Waals surface area contributed by atoms with Gasteiger partial charge in [0, 0.05) is 51.7 Å². The van der Waals surface area contributed by atoms with Gasteiger partial charge in [-0.1, -0.05) is 25.0 Å². The fraction of sp³-hybridized carbons (Fsp3) is 0.708. The number of nitrogens with zero attached hydrogens (tertiary/aromatic N) is 3. The minimum Gasteiger partial charge on any atom is -0.493 e. The first kappa shape index (κ1) is 19.4. The summed E-state index contributed by atoms with van der Waals surface area (Å²) in [7, 11) is 0. The van der Waals surface area contributed by atoms with Crippen LogP contribution in [0.25, 0.3) is 0 Å². The van der Waals surface area contributed by atoms with Crippen LogP contribution in [-0.4, -0.2) is 72.5 Å². The molecule has 3 fully saturated rings. The predicted molar refractivity (Wildman–Crippen MR) is 114 cm³/mol. The number of likely N-dealkylation sites (tertiary alicyclic amines) is 1. The minimum atomic E-state index is 0.383. The minimum absolute atomic E-state index is 0.383. The van der Waals surface area contributed by atoms with Crippen LogP contribution in [-0.2, 0) is 17.8 Å². The second-order valence-corrected chi connectivity index (χ2v) is 9.43. The van der Waals surface area contributed by atoms with Crippen LogP contribution in [0.15, 0.2) is 18.2 Å². The molecule has 2 saturated heterocycles. The molecule has 29 heavy (non-hydrogen) atoms. The van der Waals surface area contributed by atoms with E-state index >= 15 is 0 Å². The third-order valence-corrected chi connectivity index (χ3v) is 7.55. The molecule has 3 aliphatic heterocycles. The summed E-state index contributed by atoms with van der Waals surface area (Å²) >= 11 is 0. The van der Waals surface area contributed by atoms with E-state index in [1.165, 1.54) is 49.7 Å². The van der Waals surface area contributed by atoms with Gasteiger partial charge in [0.2, 0.25) is 5.91 Å². The summed E-state index contributed by atoms with van der Waals surface area (Å²) in [5.41, 5.74) is 2.74. The van der Waals surface area contributed by atoms with E-state index in [0.717, 1.165) is 64.0 Å². The Labute approximate surface area is 175 Å². The Morgan fingerprint density at radius 3 is 2.66 bits per heavy atom. The summed E-state index contributed by atoms with van der Waals surface area (Å²) in [4.78, 5) is 20.2. The van der Waals surface area contributed by atoms with Crippen LogP contribution in [0, 0.1) is 5.92 Å². The molecule has 0 radical (unpaired) electrons. The van der Waals surface area contributed by atoms with E-state index in [1.54, 1.807) is 0 Å². The lowest BCUT2D eigenvalue weighted by Gasteiger charge is -2.45. The Morgan fingerprint density at radius 2 is 1.76 bits per heavy atom. The van der Waals surface area contributed by atoms with Gasteiger partial charge in [-0.05, 0) is 48.8 Å². The van der Waals surface area contributed by atoms with E-state index in [2.05, 4.69) is 32.9 Å². The van der Waals surface area contributed by atoms with Gasteiger partial charge in [0.25, 0.3) is 0 Å². The van der Waals surface area contributed by atoms with Crippen molar-refractivity contribution in [3.8, 4) is 5.75 Å². The number of piperazine rings is 1. The van der Waals surface area contributed by atoms with Crippen LogP contribution < -0.4 is 4.74 Å². The quantitative estimate of drug-likeness (QED) is 0.783. The van der Waals surface area contributed by atoms with Gasteiger partial charge >= 0.3 is 0 Å². The van der Waals surface area contributed by atoms with Gasteiger partial charge in [-0.15, -0.1) is 0 Å². The maximum atomic E-state index is 13.1. The highest BCUT2D eigenvalue weighted by molar-refractivity contribution is 5.78. The molecule has 0 spiro atoms. The topological polar surface area (TPSA) is 36.0 Å². The molecule has 0 bridgehead atoms. The number of piperidine rings is 1. The number of hydrogen-bond donors (Lipinski definition) is 0. The second kappa shape index (κ2) is 8.65. The van der Waals surface area contributed by atoms with E-state index in [0.29, 0.717) is 18.5 Å². The van der Waals surface area contributed by atoms with E-state index in [1.807, 2.05) is 0 Å². The Morgan fingerprint density at radius 1 is 0.966 bits per heavy atom. The number of hydrogen-bond acceptors (Lipinski definition) is 4. The van der Waals surface area contributed by atoms with Crippen molar-refractivity contribution in [3.63, 3.8) is 0 Å². The molecule has 1 aromatic rings. The van der Waals surface area contributed by atoms with Gasteiger partial charge in [0.1, 0.15) is 5.75 Å². The molecular weight excluding hydrogens is 362 g/mol. The molecule has 0 N–H and O–H groups in total. The van der Waals surface area contributed by atoms with Crippen LogP contribution in [0.4, 0.5) is 0 Å². The first-order valence-corrected chi connectivity index (χ1v) is 11.7. The molecular formula is C24H35N3O2. The fourth-order valence-electron chi connectivity index (χ4n) is 5.92. The molecule has 5 heteroatoms. The number of carbonyl (C=O) groups is 1. The average Bonchev–Trinajstić information content (AvgIpc) is 3.22. The highest BCUT2D eigenvalue weighted by atomic mass is 16.5. The van der Waals surface area contributed by atoms with E-state index in [9.17, 15) is 4.79 Å². The second-order valence-electron chi connectivity index (χ2n) is 9.43. The van der Waals surface area contributed by atoms with Crippen molar-refractivity contribution in [2.24, 2.45) is 5.92 Å². The van der Waals surface area contributed by atoms with Crippen molar-refractivity contribution in [1.29, 1.82) is 0 Å². The molecule has 4 aliphatic rings. The largest absolute Gasteiger partial charge is 0.493 e. The lowest BCUT2D eigenvalue weighted by atomic mass is 9.78. The SMILES string of the molecule is O=C(CN1CCN(Cc2ccc3c(c2)CCO3)CC1)N1CCC[C@@H]2CCCC[C@H]21. The van der Waals surface area contributed by atoms with Crippen molar-refractivity contribution in [3.05, 3.63) is 29.3 Å². The standard InChI is InChI=1S/C24H35N3O2/c28-24(27-10-3-5-20-4-1-2-6-22(20)27)18-26-13-11-25(12-14-26)17-19-7-8-23-21(16-19)9-15-29-23/h7-8,16,20,22H,1-6,9-15,17-18H2/t20-,22+/m0/s1. The Balaban J connectivity index is 1.11. The van der Waals surface area contributed by atoms with Crippen LogP contribution in [0.5, 0.6) is 5.75 Å². The monoisotopic (exact) mass is 397 g/mol. The molecule has 1 aromatic carbocycles. The maximum Gasteiger partial charge on any atom is 0.237 e. The van der Waals surface area contributed by atoms with Crippen LogP contribution >= 0.6 is 0 Å². The molecule has 0 unspecified atom stereocenters. The Hall–Kier alpha value is -1.59. The van der Waals surface area contributed by atoms with Gasteiger partial charge in [0.15, 0.2) is 0 Å². The molecule has 3 heterocycles. The summed E-state index contributed by atoms with van der Waals surface area (Å²) in [5, 5.41) is 0. The zero-order chi connectivity index (χ0) is 19.6. The lowest BCUT2D eigenvalue weighted by molar-refractivity contribution is -0.139. The predicted octanol–water partition coefficient (Wildman–Crippen LogP) is 2.92. The molecule has 5 rings (SSSR count). The summed E-state index contributed by atoms with van der Waals surface area (Å²) in [6.07, 6.45) is 8.81. The molecule has 158 valence electrons. The number of amides is 1. The van der Waals surface area contributed by atoms with Crippen molar-refractivity contribution in [2.45, 2.75) is 57.5 Å². The smallest absolute Gasteiger partial charge is 0.237 e. The van der Waals surface area contributed by atoms with Crippen molar-refractivity contribution in [1.82, 2.24) is 14.7 Å². The number of ether oxygens (including phenoxy) is 1. The number of rotatable bonds is 4. The van der Waals surface area contributed by atoms with Gasteiger partial charge in [-0.3, -0.25) is 14.6 Å². The van der Waals surface area contributed by atoms with Gasteiger partial charge in [0.05, 0.1) is 13.2 Å². The number of carbonyl (C=O) groups excluding carboxylic acids is 1. The van der Waals surface area contributed by atoms with Crippen LogP contribution in [0.3, 0.4) is 0 Å². The van der Waals surface area contributed by atoms with Crippen LogP contribution in [0.2, 0.25) is 0 Å². The maximum absolute atomic E-state index is 13.1. The number of benzene rings is 1. The lowest BCUT2D eigenvalue weighted by Crippen LogP contribution is -2.54. The fourth-order valence-corrected chi connectivity index (χ4v) is 5.92.